The molecule has 1 rings (SSSR count). The molecule has 0 atom stereocenters. The van der Waals surface area contributed by atoms with Crippen molar-refractivity contribution < 1.29 is 0 Å². The summed E-state index contributed by atoms with van der Waals surface area (Å²) in [6.45, 7) is 0. The molecule has 0 fully saturated rings. The van der Waals surface area contributed by atoms with Crippen molar-refractivity contribution in [1.82, 2.24) is 0 Å². The zero-order valence-electron chi connectivity index (χ0n) is 8.75. The van der Waals surface area contributed by atoms with Crippen LogP contribution in [0, 0.1) is 0 Å². The van der Waals surface area contributed by atoms with E-state index >= 15 is 0 Å². The Morgan fingerprint density at radius 2 is 1.94 bits per heavy atom. The van der Waals surface area contributed by atoms with Crippen molar-refractivity contribution in [3.63, 3.8) is 0 Å². The van der Waals surface area contributed by atoms with Gasteiger partial charge in [-0.05, 0) is 24.5 Å². The SMILES string of the molecule is CSc1cccc(N=C(N)N=C(N)N)c1.Cl. The largest absolute Gasteiger partial charge is 0.370 e. The molecule has 6 N–H and O–H groups in total. The van der Waals surface area contributed by atoms with E-state index in [4.69, 9.17) is 17.2 Å². The Morgan fingerprint density at radius 3 is 2.50 bits per heavy atom. The number of hydrogen-bond acceptors (Lipinski definition) is 2. The smallest absolute Gasteiger partial charge is 0.223 e. The molecule has 0 amide bonds. The van der Waals surface area contributed by atoms with Gasteiger partial charge in [0.05, 0.1) is 5.69 Å². The predicted molar refractivity (Wildman–Crippen MR) is 72.6 cm³/mol. The maximum atomic E-state index is 5.49. The van der Waals surface area contributed by atoms with E-state index in [1.807, 2.05) is 30.5 Å². The molecule has 0 saturated carbocycles. The molecule has 88 valence electrons. The molecule has 0 radical (unpaired) electrons. The first-order valence-corrected chi connectivity index (χ1v) is 5.42. The standard InChI is InChI=1S/C9H13N5S.ClH/c1-15-7-4-2-3-6(5-7)13-9(12)14-8(10)11;/h2-5H,1H3,(H6,10,11,12,13,14);1H. The van der Waals surface area contributed by atoms with Crippen LogP contribution in [0.5, 0.6) is 0 Å². The van der Waals surface area contributed by atoms with E-state index in [-0.39, 0.29) is 24.3 Å². The van der Waals surface area contributed by atoms with Gasteiger partial charge in [0.2, 0.25) is 5.96 Å². The van der Waals surface area contributed by atoms with Crippen molar-refractivity contribution in [2.24, 2.45) is 27.2 Å². The Morgan fingerprint density at radius 1 is 1.25 bits per heavy atom. The summed E-state index contributed by atoms with van der Waals surface area (Å²) in [5.74, 6) is -0.0504. The Labute approximate surface area is 105 Å². The highest BCUT2D eigenvalue weighted by molar-refractivity contribution is 7.98. The van der Waals surface area contributed by atoms with Crippen molar-refractivity contribution in [3.8, 4) is 0 Å². The highest BCUT2D eigenvalue weighted by Crippen LogP contribution is 2.20. The molecule has 7 heteroatoms. The molecule has 1 aromatic rings. The minimum atomic E-state index is -0.0997. The summed E-state index contributed by atoms with van der Waals surface area (Å²) in [5, 5.41) is 0. The predicted octanol–water partition coefficient (Wildman–Crippen LogP) is 1.05. The minimum Gasteiger partial charge on any atom is -0.370 e. The van der Waals surface area contributed by atoms with Gasteiger partial charge < -0.3 is 17.2 Å². The van der Waals surface area contributed by atoms with Crippen molar-refractivity contribution in [2.75, 3.05) is 6.26 Å². The van der Waals surface area contributed by atoms with Crippen LogP contribution in [-0.2, 0) is 0 Å². The second-order valence-corrected chi connectivity index (χ2v) is 3.59. The highest BCUT2D eigenvalue weighted by Gasteiger charge is 1.94. The molecule has 16 heavy (non-hydrogen) atoms. The van der Waals surface area contributed by atoms with E-state index in [2.05, 4.69) is 9.98 Å². The van der Waals surface area contributed by atoms with Gasteiger partial charge in [-0.15, -0.1) is 24.2 Å². The zero-order chi connectivity index (χ0) is 11.3. The Bertz CT molecular complexity index is 401. The molecule has 0 aliphatic rings. The number of benzene rings is 1. The monoisotopic (exact) mass is 259 g/mol. The summed E-state index contributed by atoms with van der Waals surface area (Å²) in [5.41, 5.74) is 16.6. The molecule has 0 unspecified atom stereocenters. The van der Waals surface area contributed by atoms with Crippen LogP contribution in [0.1, 0.15) is 0 Å². The van der Waals surface area contributed by atoms with E-state index in [1.165, 1.54) is 0 Å². The number of rotatable bonds is 2. The van der Waals surface area contributed by atoms with E-state index in [0.717, 1.165) is 10.6 Å². The summed E-state index contributed by atoms with van der Waals surface area (Å²) in [7, 11) is 0. The molecule has 0 heterocycles. The molecule has 0 saturated heterocycles. The third kappa shape index (κ3) is 4.90. The lowest BCUT2D eigenvalue weighted by Crippen LogP contribution is -2.26. The van der Waals surface area contributed by atoms with Crippen molar-refractivity contribution in [2.45, 2.75) is 4.90 Å². The first-order valence-electron chi connectivity index (χ1n) is 4.19. The molecule has 5 nitrogen and oxygen atoms in total. The van der Waals surface area contributed by atoms with Gasteiger partial charge in [-0.1, -0.05) is 6.07 Å². The number of halogens is 1. The number of nitrogens with two attached hydrogens (primary N) is 3. The van der Waals surface area contributed by atoms with Gasteiger partial charge in [-0.25, -0.2) is 4.99 Å². The van der Waals surface area contributed by atoms with E-state index < -0.39 is 0 Å². The van der Waals surface area contributed by atoms with Gasteiger partial charge in [-0.2, -0.15) is 4.99 Å². The number of thioether (sulfide) groups is 1. The molecular weight excluding hydrogens is 246 g/mol. The van der Waals surface area contributed by atoms with Crippen LogP contribution in [-0.4, -0.2) is 18.2 Å². The van der Waals surface area contributed by atoms with Crippen molar-refractivity contribution >= 4 is 41.8 Å². The fourth-order valence-corrected chi connectivity index (χ4v) is 1.42. The van der Waals surface area contributed by atoms with Gasteiger partial charge in [-0.3, -0.25) is 0 Å². The molecule has 0 aliphatic heterocycles. The summed E-state index contributed by atoms with van der Waals surface area (Å²) in [6, 6.07) is 7.61. The minimum absolute atomic E-state index is 0. The number of guanidine groups is 2. The van der Waals surface area contributed by atoms with Crippen LogP contribution in [0.15, 0.2) is 39.1 Å². The fourth-order valence-electron chi connectivity index (χ4n) is 0.970. The quantitative estimate of drug-likeness (QED) is 0.420. The number of nitrogens with zero attached hydrogens (tertiary/aromatic N) is 2. The van der Waals surface area contributed by atoms with Crippen LogP contribution in [0.2, 0.25) is 0 Å². The topological polar surface area (TPSA) is 103 Å². The molecule has 0 aromatic heterocycles. The Balaban J connectivity index is 0.00000225. The fraction of sp³-hybridized carbons (Fsp3) is 0.111. The molecule has 0 bridgehead atoms. The van der Waals surface area contributed by atoms with Gasteiger partial charge >= 0.3 is 0 Å². The molecule has 1 aromatic carbocycles. The summed E-state index contributed by atoms with van der Waals surface area (Å²) in [4.78, 5) is 8.77. The van der Waals surface area contributed by atoms with Crippen molar-refractivity contribution in [1.29, 1.82) is 0 Å². The lowest BCUT2D eigenvalue weighted by molar-refractivity contribution is 1.35. The van der Waals surface area contributed by atoms with Crippen LogP contribution < -0.4 is 17.2 Å². The third-order valence-corrected chi connectivity index (χ3v) is 2.27. The Hall–Kier alpha value is -1.40. The normalized spacial score (nSPS) is 10.4. The average molecular weight is 260 g/mol. The second-order valence-electron chi connectivity index (χ2n) is 2.71. The lowest BCUT2D eigenvalue weighted by atomic mass is 10.3. The van der Waals surface area contributed by atoms with E-state index in [0.29, 0.717) is 0 Å². The third-order valence-electron chi connectivity index (χ3n) is 1.54. The first-order chi connectivity index (χ1) is 7.11. The number of hydrogen-bond donors (Lipinski definition) is 3. The summed E-state index contributed by atoms with van der Waals surface area (Å²) in [6.07, 6.45) is 1.99. The molecule has 0 aliphatic carbocycles. The van der Waals surface area contributed by atoms with Gasteiger partial charge in [0.25, 0.3) is 0 Å². The second kappa shape index (κ2) is 6.97. The van der Waals surface area contributed by atoms with Gasteiger partial charge in [0.1, 0.15) is 0 Å². The Kier molecular flexibility index (Phi) is 6.36. The number of aliphatic imine (C=N–C) groups is 2. The maximum Gasteiger partial charge on any atom is 0.223 e. The summed E-state index contributed by atoms with van der Waals surface area (Å²) < 4.78 is 0. The molecular formula is C9H14ClN5S. The van der Waals surface area contributed by atoms with Crippen LogP contribution >= 0.6 is 24.2 Å². The maximum absolute atomic E-state index is 5.49. The highest BCUT2D eigenvalue weighted by atomic mass is 35.5. The van der Waals surface area contributed by atoms with Crippen LogP contribution in [0.4, 0.5) is 5.69 Å². The van der Waals surface area contributed by atoms with Crippen LogP contribution in [0.25, 0.3) is 0 Å². The molecule has 0 spiro atoms. The zero-order valence-corrected chi connectivity index (χ0v) is 10.4. The van der Waals surface area contributed by atoms with E-state index in [9.17, 15) is 0 Å². The van der Waals surface area contributed by atoms with Gasteiger partial charge in [0, 0.05) is 4.90 Å². The van der Waals surface area contributed by atoms with Crippen LogP contribution in [0.3, 0.4) is 0 Å². The first kappa shape index (κ1) is 14.6. The lowest BCUT2D eigenvalue weighted by Gasteiger charge is -1.98. The van der Waals surface area contributed by atoms with Gasteiger partial charge in [0.15, 0.2) is 5.96 Å². The van der Waals surface area contributed by atoms with E-state index in [1.54, 1.807) is 11.8 Å². The van der Waals surface area contributed by atoms with Crippen molar-refractivity contribution in [3.05, 3.63) is 24.3 Å². The average Bonchev–Trinajstić information content (AvgIpc) is 2.16. The summed E-state index contributed by atoms with van der Waals surface area (Å²) >= 11 is 1.63.